The van der Waals surface area contributed by atoms with E-state index in [0.29, 0.717) is 5.56 Å². The zero-order valence-electron chi connectivity index (χ0n) is 14.5. The lowest BCUT2D eigenvalue weighted by atomic mass is 9.71. The molecule has 140 valence electrons. The first-order chi connectivity index (χ1) is 13.5. The van der Waals surface area contributed by atoms with Crippen LogP contribution in [0, 0.1) is 0 Å². The van der Waals surface area contributed by atoms with E-state index in [1.807, 2.05) is 6.07 Å². The molecule has 0 spiro atoms. The van der Waals surface area contributed by atoms with Crippen molar-refractivity contribution in [2.45, 2.75) is 12.4 Å². The number of carboxylic acids is 1. The van der Waals surface area contributed by atoms with E-state index >= 15 is 0 Å². The molecule has 2 aliphatic rings. The van der Waals surface area contributed by atoms with Crippen LogP contribution < -0.4 is 9.97 Å². The minimum absolute atomic E-state index is 0.0471. The largest absolute Gasteiger partial charge is 0.547 e. The van der Waals surface area contributed by atoms with Gasteiger partial charge in [-0.05, 0) is 29.7 Å². The number of rotatable bonds is 3. The SMILES string of the molecule is O=C(O)c1cccc2c1OB(O)[C@@H](N1C(=O)N/C(=C\c3ccccc3)C1=O)C2. The third kappa shape index (κ3) is 3.01. The van der Waals surface area contributed by atoms with E-state index in [-0.39, 0.29) is 23.4 Å². The van der Waals surface area contributed by atoms with Gasteiger partial charge in [0.05, 0.1) is 11.5 Å². The topological polar surface area (TPSA) is 116 Å². The van der Waals surface area contributed by atoms with Gasteiger partial charge in [0.25, 0.3) is 5.91 Å². The molecule has 28 heavy (non-hydrogen) atoms. The van der Waals surface area contributed by atoms with Crippen LogP contribution in [0.4, 0.5) is 4.79 Å². The lowest BCUT2D eigenvalue weighted by Gasteiger charge is -2.32. The predicted octanol–water partition coefficient (Wildman–Crippen LogP) is 1.30. The van der Waals surface area contributed by atoms with Crippen LogP contribution in [0.1, 0.15) is 21.5 Å². The lowest BCUT2D eigenvalue weighted by Crippen LogP contribution is -2.55. The molecule has 3 N–H and O–H groups in total. The van der Waals surface area contributed by atoms with Crippen LogP contribution in [0.15, 0.2) is 54.2 Å². The molecule has 0 bridgehead atoms. The van der Waals surface area contributed by atoms with Crippen molar-refractivity contribution >= 4 is 31.1 Å². The summed E-state index contributed by atoms with van der Waals surface area (Å²) in [6.45, 7) is 0. The Bertz CT molecular complexity index is 1010. The predicted molar refractivity (Wildman–Crippen MR) is 99.3 cm³/mol. The van der Waals surface area contributed by atoms with E-state index in [2.05, 4.69) is 5.32 Å². The molecule has 0 saturated carbocycles. The molecule has 0 aliphatic carbocycles. The molecule has 2 heterocycles. The first-order valence-electron chi connectivity index (χ1n) is 8.57. The molecule has 2 aromatic carbocycles. The van der Waals surface area contributed by atoms with E-state index in [4.69, 9.17) is 4.65 Å². The Balaban J connectivity index is 1.64. The Morgan fingerprint density at radius 3 is 2.64 bits per heavy atom. The van der Waals surface area contributed by atoms with E-state index in [1.54, 1.807) is 42.5 Å². The van der Waals surface area contributed by atoms with Gasteiger partial charge in [-0.25, -0.2) is 9.59 Å². The number of carboxylic acid groups (broad SMARTS) is 1. The Morgan fingerprint density at radius 2 is 1.93 bits per heavy atom. The van der Waals surface area contributed by atoms with E-state index in [0.717, 1.165) is 10.5 Å². The van der Waals surface area contributed by atoms with Crippen LogP contribution in [0.2, 0.25) is 0 Å². The van der Waals surface area contributed by atoms with Gasteiger partial charge in [0.1, 0.15) is 11.4 Å². The van der Waals surface area contributed by atoms with Gasteiger partial charge < -0.3 is 20.1 Å². The zero-order chi connectivity index (χ0) is 19.8. The van der Waals surface area contributed by atoms with Crippen molar-refractivity contribution in [2.24, 2.45) is 0 Å². The molecule has 2 aliphatic heterocycles. The average Bonchev–Trinajstić information content (AvgIpc) is 2.94. The number of hydrogen-bond acceptors (Lipinski definition) is 5. The summed E-state index contributed by atoms with van der Waals surface area (Å²) in [5.41, 5.74) is 1.24. The van der Waals surface area contributed by atoms with Crippen LogP contribution in [0.5, 0.6) is 5.75 Å². The van der Waals surface area contributed by atoms with Gasteiger partial charge in [0.15, 0.2) is 0 Å². The summed E-state index contributed by atoms with van der Waals surface area (Å²) < 4.78 is 5.38. The van der Waals surface area contributed by atoms with E-state index < -0.39 is 31.0 Å². The molecule has 1 fully saturated rings. The molecule has 1 atom stereocenters. The highest BCUT2D eigenvalue weighted by atomic mass is 16.5. The molecule has 4 rings (SSSR count). The maximum atomic E-state index is 12.8. The Hall–Kier alpha value is -3.59. The van der Waals surface area contributed by atoms with Crippen LogP contribution in [-0.2, 0) is 11.2 Å². The highest BCUT2D eigenvalue weighted by Crippen LogP contribution is 2.33. The van der Waals surface area contributed by atoms with Gasteiger partial charge in [-0.1, -0.05) is 42.5 Å². The second-order valence-corrected chi connectivity index (χ2v) is 6.45. The Labute approximate surface area is 160 Å². The fraction of sp³-hybridized carbons (Fsp3) is 0.105. The van der Waals surface area contributed by atoms with Crippen LogP contribution >= 0.6 is 0 Å². The van der Waals surface area contributed by atoms with Crippen LogP contribution in [0.3, 0.4) is 0 Å². The maximum Gasteiger partial charge on any atom is 0.547 e. The second kappa shape index (κ2) is 6.86. The van der Waals surface area contributed by atoms with Gasteiger partial charge in [0.2, 0.25) is 0 Å². The van der Waals surface area contributed by atoms with Crippen molar-refractivity contribution in [1.29, 1.82) is 0 Å². The summed E-state index contributed by atoms with van der Waals surface area (Å²) >= 11 is 0. The summed E-state index contributed by atoms with van der Waals surface area (Å²) in [6.07, 6.45) is 1.63. The van der Waals surface area contributed by atoms with Gasteiger partial charge in [0, 0.05) is 0 Å². The molecule has 0 radical (unpaired) electrons. The normalized spacial score (nSPS) is 20.0. The van der Waals surface area contributed by atoms with E-state index in [9.17, 15) is 24.5 Å². The van der Waals surface area contributed by atoms with Crippen molar-refractivity contribution in [2.75, 3.05) is 0 Å². The number of carbonyl (C=O) groups is 3. The Morgan fingerprint density at radius 1 is 1.18 bits per heavy atom. The number of nitrogens with zero attached hydrogens (tertiary/aromatic N) is 1. The number of hydrogen-bond donors (Lipinski definition) is 3. The summed E-state index contributed by atoms with van der Waals surface area (Å²) in [4.78, 5) is 37.4. The number of nitrogens with one attached hydrogen (secondary N) is 1. The third-order valence-electron chi connectivity index (χ3n) is 4.68. The van der Waals surface area contributed by atoms with Crippen molar-refractivity contribution in [3.05, 3.63) is 70.9 Å². The fourth-order valence-electron chi connectivity index (χ4n) is 3.36. The minimum atomic E-state index is -1.54. The maximum absolute atomic E-state index is 12.8. The number of carbonyl (C=O) groups excluding carboxylic acids is 2. The fourth-order valence-corrected chi connectivity index (χ4v) is 3.36. The molecule has 8 nitrogen and oxygen atoms in total. The van der Waals surface area contributed by atoms with Crippen molar-refractivity contribution in [3.63, 3.8) is 0 Å². The number of para-hydroxylation sites is 1. The Kier molecular flexibility index (Phi) is 4.36. The zero-order valence-corrected chi connectivity index (χ0v) is 14.5. The quantitative estimate of drug-likeness (QED) is 0.421. The number of imide groups is 1. The summed E-state index contributed by atoms with van der Waals surface area (Å²) in [7, 11) is -1.54. The number of benzene rings is 2. The van der Waals surface area contributed by atoms with Gasteiger partial charge in [-0.3, -0.25) is 9.69 Å². The van der Waals surface area contributed by atoms with Gasteiger partial charge in [-0.2, -0.15) is 0 Å². The standard InChI is InChI=1S/C19H15BN2O6/c23-17-14(9-11-5-2-1-3-6-11)21-19(26)22(17)15-10-12-7-4-8-13(18(24)25)16(12)28-20(15)27/h1-9,15,27H,10H2,(H,21,26)(H,24,25)/b14-9-/t15-/m0/s1. The summed E-state index contributed by atoms with van der Waals surface area (Å²) in [5, 5.41) is 22.2. The van der Waals surface area contributed by atoms with Gasteiger partial charge >= 0.3 is 19.1 Å². The molecular formula is C19H15BN2O6. The van der Waals surface area contributed by atoms with Crippen molar-refractivity contribution in [1.82, 2.24) is 10.2 Å². The summed E-state index contributed by atoms with van der Waals surface area (Å²) in [5.74, 6) is -2.71. The van der Waals surface area contributed by atoms with Crippen molar-refractivity contribution < 1.29 is 29.2 Å². The number of urea groups is 1. The molecule has 0 unspecified atom stereocenters. The molecule has 9 heteroatoms. The van der Waals surface area contributed by atoms with E-state index in [1.165, 1.54) is 6.07 Å². The number of amides is 3. The van der Waals surface area contributed by atoms with Crippen LogP contribution in [0.25, 0.3) is 6.08 Å². The third-order valence-corrected chi connectivity index (χ3v) is 4.68. The first kappa shape index (κ1) is 17.8. The summed E-state index contributed by atoms with van der Waals surface area (Å²) in [6, 6.07) is 12.9. The smallest absolute Gasteiger partial charge is 0.534 e. The first-order valence-corrected chi connectivity index (χ1v) is 8.57. The average molecular weight is 378 g/mol. The molecular weight excluding hydrogens is 363 g/mol. The molecule has 1 saturated heterocycles. The highest BCUT2D eigenvalue weighted by Gasteiger charge is 2.48. The highest BCUT2D eigenvalue weighted by molar-refractivity contribution is 6.48. The number of fused-ring (bicyclic) bond motifs is 1. The van der Waals surface area contributed by atoms with Crippen LogP contribution in [-0.4, -0.2) is 46.0 Å². The monoisotopic (exact) mass is 378 g/mol. The number of aromatic carboxylic acids is 1. The lowest BCUT2D eigenvalue weighted by molar-refractivity contribution is -0.123. The van der Waals surface area contributed by atoms with Gasteiger partial charge in [-0.15, -0.1) is 0 Å². The second-order valence-electron chi connectivity index (χ2n) is 6.45. The molecule has 3 amide bonds. The minimum Gasteiger partial charge on any atom is -0.534 e. The molecule has 0 aromatic heterocycles. The van der Waals surface area contributed by atoms with Crippen molar-refractivity contribution in [3.8, 4) is 5.75 Å². The molecule has 2 aromatic rings.